The van der Waals surface area contributed by atoms with Crippen LogP contribution in [0.15, 0.2) is 0 Å². The lowest BCUT2D eigenvalue weighted by molar-refractivity contribution is -0.0850. The van der Waals surface area contributed by atoms with Gasteiger partial charge < -0.3 is 20.1 Å². The van der Waals surface area contributed by atoms with Gasteiger partial charge in [0, 0.05) is 19.7 Å². The molecule has 5 nitrogen and oxygen atoms in total. The molecule has 1 saturated heterocycles. The minimum Gasteiger partial charge on any atom is -0.444 e. The fourth-order valence-electron chi connectivity index (χ4n) is 2.24. The number of rotatable bonds is 4. The van der Waals surface area contributed by atoms with Crippen molar-refractivity contribution in [2.75, 3.05) is 26.2 Å². The lowest BCUT2D eigenvalue weighted by Crippen LogP contribution is -2.56. The van der Waals surface area contributed by atoms with Crippen LogP contribution >= 0.6 is 0 Å². The van der Waals surface area contributed by atoms with E-state index in [4.69, 9.17) is 15.2 Å². The zero-order valence-electron chi connectivity index (χ0n) is 12.7. The molecule has 1 rings (SSSR count). The van der Waals surface area contributed by atoms with Crippen molar-refractivity contribution in [1.29, 1.82) is 0 Å². The Balaban J connectivity index is 2.64. The van der Waals surface area contributed by atoms with Crippen molar-refractivity contribution < 1.29 is 14.3 Å². The first-order valence-corrected chi connectivity index (χ1v) is 7.14. The normalized spacial score (nSPS) is 24.4. The van der Waals surface area contributed by atoms with Crippen LogP contribution in [-0.4, -0.2) is 48.4 Å². The van der Waals surface area contributed by atoms with Gasteiger partial charge in [-0.1, -0.05) is 6.92 Å². The second-order valence-electron chi connectivity index (χ2n) is 6.24. The van der Waals surface area contributed by atoms with Crippen molar-refractivity contribution in [3.8, 4) is 0 Å². The molecule has 0 aliphatic carbocycles. The topological polar surface area (TPSA) is 64.8 Å². The standard InChI is InChI=1S/C14H28N2O3/c1-5-9-18-14(10-15)7-6-8-16(11-14)12(17)19-13(2,3)4/h5-11,15H2,1-4H3. The van der Waals surface area contributed by atoms with E-state index in [1.54, 1.807) is 4.90 Å². The number of carbonyl (C=O) groups excluding carboxylic acids is 1. The van der Waals surface area contributed by atoms with Gasteiger partial charge in [0.25, 0.3) is 0 Å². The van der Waals surface area contributed by atoms with Gasteiger partial charge in [-0.2, -0.15) is 0 Å². The Morgan fingerprint density at radius 1 is 1.42 bits per heavy atom. The first-order valence-electron chi connectivity index (χ1n) is 7.14. The molecule has 1 heterocycles. The molecule has 0 aromatic carbocycles. The Morgan fingerprint density at radius 2 is 2.11 bits per heavy atom. The molecule has 1 aliphatic heterocycles. The van der Waals surface area contributed by atoms with Crippen molar-refractivity contribution >= 4 is 6.09 Å². The van der Waals surface area contributed by atoms with E-state index in [1.807, 2.05) is 20.8 Å². The van der Waals surface area contributed by atoms with Crippen LogP contribution in [0.3, 0.4) is 0 Å². The van der Waals surface area contributed by atoms with Gasteiger partial charge in [-0.25, -0.2) is 4.79 Å². The molecule has 0 aromatic rings. The predicted octanol–water partition coefficient (Wildman–Crippen LogP) is 2.14. The van der Waals surface area contributed by atoms with Crippen LogP contribution in [0.1, 0.15) is 47.0 Å². The van der Waals surface area contributed by atoms with Crippen LogP contribution in [0.2, 0.25) is 0 Å². The third kappa shape index (κ3) is 4.99. The molecule has 1 aliphatic rings. The van der Waals surface area contributed by atoms with Crippen molar-refractivity contribution in [1.82, 2.24) is 4.90 Å². The van der Waals surface area contributed by atoms with Gasteiger partial charge in [-0.15, -0.1) is 0 Å². The molecular weight excluding hydrogens is 244 g/mol. The quantitative estimate of drug-likeness (QED) is 0.851. The van der Waals surface area contributed by atoms with Crippen LogP contribution in [-0.2, 0) is 9.47 Å². The fourth-order valence-corrected chi connectivity index (χ4v) is 2.24. The summed E-state index contributed by atoms with van der Waals surface area (Å²) < 4.78 is 11.3. The minimum absolute atomic E-state index is 0.273. The monoisotopic (exact) mass is 272 g/mol. The molecule has 112 valence electrons. The summed E-state index contributed by atoms with van der Waals surface area (Å²) in [5.41, 5.74) is 5.00. The summed E-state index contributed by atoms with van der Waals surface area (Å²) in [5, 5.41) is 0. The SMILES string of the molecule is CCCOC1(CN)CCCN(C(=O)OC(C)(C)C)C1. The lowest BCUT2D eigenvalue weighted by atomic mass is 9.93. The van der Waals surface area contributed by atoms with Crippen LogP contribution < -0.4 is 5.73 Å². The predicted molar refractivity (Wildman–Crippen MR) is 75.1 cm³/mol. The van der Waals surface area contributed by atoms with Crippen LogP contribution in [0.25, 0.3) is 0 Å². The van der Waals surface area contributed by atoms with E-state index in [0.29, 0.717) is 26.2 Å². The van der Waals surface area contributed by atoms with E-state index < -0.39 is 11.2 Å². The third-order valence-electron chi connectivity index (χ3n) is 3.18. The molecule has 1 amide bonds. The van der Waals surface area contributed by atoms with Gasteiger partial charge in [-0.05, 0) is 40.0 Å². The summed E-state index contributed by atoms with van der Waals surface area (Å²) in [7, 11) is 0. The van der Waals surface area contributed by atoms with Crippen LogP contribution in [0.5, 0.6) is 0 Å². The average Bonchev–Trinajstić information content (AvgIpc) is 2.34. The highest BCUT2D eigenvalue weighted by atomic mass is 16.6. The maximum atomic E-state index is 12.1. The Labute approximate surface area is 116 Å². The zero-order chi connectivity index (χ0) is 14.5. The Hall–Kier alpha value is -0.810. The van der Waals surface area contributed by atoms with E-state index in [9.17, 15) is 4.79 Å². The molecule has 1 unspecified atom stereocenters. The maximum absolute atomic E-state index is 12.1. The molecule has 5 heteroatoms. The maximum Gasteiger partial charge on any atom is 0.410 e. The van der Waals surface area contributed by atoms with E-state index in [1.165, 1.54) is 0 Å². The van der Waals surface area contributed by atoms with Gasteiger partial charge in [0.1, 0.15) is 5.60 Å². The summed E-state index contributed by atoms with van der Waals surface area (Å²) >= 11 is 0. The number of nitrogens with zero attached hydrogens (tertiary/aromatic N) is 1. The van der Waals surface area contributed by atoms with Gasteiger partial charge in [-0.3, -0.25) is 0 Å². The van der Waals surface area contributed by atoms with E-state index in [2.05, 4.69) is 6.92 Å². The number of amides is 1. The van der Waals surface area contributed by atoms with Crippen molar-refractivity contribution in [2.45, 2.75) is 58.2 Å². The van der Waals surface area contributed by atoms with E-state index in [-0.39, 0.29) is 6.09 Å². The highest BCUT2D eigenvalue weighted by molar-refractivity contribution is 5.68. The largest absolute Gasteiger partial charge is 0.444 e. The number of nitrogens with two attached hydrogens (primary N) is 1. The summed E-state index contributed by atoms with van der Waals surface area (Å²) in [6.07, 6.45) is 2.49. The highest BCUT2D eigenvalue weighted by Crippen LogP contribution is 2.25. The second kappa shape index (κ2) is 6.57. The fraction of sp³-hybridized carbons (Fsp3) is 0.929. The Kier molecular flexibility index (Phi) is 5.62. The van der Waals surface area contributed by atoms with Crippen LogP contribution in [0, 0.1) is 0 Å². The van der Waals surface area contributed by atoms with Crippen LogP contribution in [0.4, 0.5) is 4.79 Å². The van der Waals surface area contributed by atoms with E-state index >= 15 is 0 Å². The first-order chi connectivity index (χ1) is 8.82. The number of likely N-dealkylation sites (tertiary alicyclic amines) is 1. The molecule has 0 saturated carbocycles. The molecule has 2 N–H and O–H groups in total. The summed E-state index contributed by atoms with van der Waals surface area (Å²) in [6, 6.07) is 0. The van der Waals surface area contributed by atoms with Crippen molar-refractivity contribution in [3.63, 3.8) is 0 Å². The number of carbonyl (C=O) groups is 1. The molecule has 0 spiro atoms. The molecule has 19 heavy (non-hydrogen) atoms. The Bertz CT molecular complexity index is 302. The second-order valence-corrected chi connectivity index (χ2v) is 6.24. The smallest absolute Gasteiger partial charge is 0.410 e. The molecule has 0 aromatic heterocycles. The number of hydrogen-bond donors (Lipinski definition) is 1. The number of hydrogen-bond acceptors (Lipinski definition) is 4. The van der Waals surface area contributed by atoms with Crippen molar-refractivity contribution in [3.05, 3.63) is 0 Å². The summed E-state index contributed by atoms with van der Waals surface area (Å²) in [6.45, 7) is 10.0. The van der Waals surface area contributed by atoms with Gasteiger partial charge in [0.2, 0.25) is 0 Å². The van der Waals surface area contributed by atoms with Crippen molar-refractivity contribution in [2.24, 2.45) is 5.73 Å². The molecule has 0 bridgehead atoms. The third-order valence-corrected chi connectivity index (χ3v) is 3.18. The first kappa shape index (κ1) is 16.2. The molecule has 0 radical (unpaired) electrons. The molecule has 1 atom stereocenters. The zero-order valence-corrected chi connectivity index (χ0v) is 12.7. The minimum atomic E-state index is -0.468. The average molecular weight is 272 g/mol. The van der Waals surface area contributed by atoms with Gasteiger partial charge in [0.05, 0.1) is 12.1 Å². The summed E-state index contributed by atoms with van der Waals surface area (Å²) in [4.78, 5) is 13.8. The molecular formula is C14H28N2O3. The Morgan fingerprint density at radius 3 is 2.63 bits per heavy atom. The highest BCUT2D eigenvalue weighted by Gasteiger charge is 2.38. The number of piperidine rings is 1. The van der Waals surface area contributed by atoms with Gasteiger partial charge >= 0.3 is 6.09 Å². The lowest BCUT2D eigenvalue weighted by Gasteiger charge is -2.42. The molecule has 1 fully saturated rings. The summed E-state index contributed by atoms with van der Waals surface area (Å²) in [5.74, 6) is 0. The number of ether oxygens (including phenoxy) is 2. The van der Waals surface area contributed by atoms with Gasteiger partial charge in [0.15, 0.2) is 0 Å². The van der Waals surface area contributed by atoms with E-state index in [0.717, 1.165) is 19.3 Å².